The highest BCUT2D eigenvalue weighted by Gasteiger charge is 2.10. The van der Waals surface area contributed by atoms with Crippen LogP contribution in [0.3, 0.4) is 0 Å². The lowest BCUT2D eigenvalue weighted by Gasteiger charge is -2.15. The highest BCUT2D eigenvalue weighted by molar-refractivity contribution is 6.31. The average Bonchev–Trinajstić information content (AvgIpc) is 2.50. The first-order valence-corrected chi connectivity index (χ1v) is 8.13. The van der Waals surface area contributed by atoms with Crippen LogP contribution in [-0.2, 0) is 20.6 Å². The fourth-order valence-corrected chi connectivity index (χ4v) is 2.40. The summed E-state index contributed by atoms with van der Waals surface area (Å²) in [4.78, 5) is 0. The molecule has 1 atom stereocenters. The van der Waals surface area contributed by atoms with Crippen molar-refractivity contribution >= 4 is 23.2 Å². The zero-order valence-corrected chi connectivity index (χ0v) is 14.0. The molecule has 1 unspecified atom stereocenters. The lowest BCUT2D eigenvalue weighted by Crippen LogP contribution is -2.13. The van der Waals surface area contributed by atoms with E-state index in [4.69, 9.17) is 37.4 Å². The van der Waals surface area contributed by atoms with Crippen molar-refractivity contribution in [1.82, 2.24) is 0 Å². The second-order valence-electron chi connectivity index (χ2n) is 4.82. The van der Waals surface area contributed by atoms with E-state index in [0.717, 1.165) is 23.4 Å². The second kappa shape index (κ2) is 12.2. The first-order chi connectivity index (χ1) is 10.3. The predicted octanol–water partition coefficient (Wildman–Crippen LogP) is 3.81. The molecule has 0 aromatic heterocycles. The maximum atomic E-state index is 6.17. The largest absolute Gasteiger partial charge is 0.382 e. The molecule has 1 rings (SSSR count). The Balaban J connectivity index is 2.13. The van der Waals surface area contributed by atoms with Crippen molar-refractivity contribution in [2.24, 2.45) is 5.92 Å². The van der Waals surface area contributed by atoms with E-state index in [1.54, 1.807) is 7.11 Å². The van der Waals surface area contributed by atoms with Gasteiger partial charge in [0.25, 0.3) is 0 Å². The zero-order chi connectivity index (χ0) is 15.3. The monoisotopic (exact) mass is 334 g/mol. The fourth-order valence-electron chi connectivity index (χ4n) is 1.92. The molecule has 1 aromatic carbocycles. The topological polar surface area (TPSA) is 27.7 Å². The minimum absolute atomic E-state index is 0.376. The lowest BCUT2D eigenvalue weighted by molar-refractivity contribution is 0.0223. The smallest absolute Gasteiger partial charge is 0.0701 e. The average molecular weight is 335 g/mol. The molecule has 0 heterocycles. The van der Waals surface area contributed by atoms with E-state index in [2.05, 4.69) is 0 Å². The van der Waals surface area contributed by atoms with Crippen LogP contribution in [0.1, 0.15) is 12.0 Å². The Bertz CT molecular complexity index is 374. The van der Waals surface area contributed by atoms with Crippen LogP contribution in [0.5, 0.6) is 0 Å². The van der Waals surface area contributed by atoms with Gasteiger partial charge >= 0.3 is 0 Å². The van der Waals surface area contributed by atoms with Gasteiger partial charge in [0, 0.05) is 24.6 Å². The van der Waals surface area contributed by atoms with E-state index >= 15 is 0 Å². The van der Waals surface area contributed by atoms with E-state index in [1.165, 1.54) is 0 Å². The summed E-state index contributed by atoms with van der Waals surface area (Å²) >= 11 is 12.2. The molecular weight excluding hydrogens is 311 g/mol. The molecule has 120 valence electrons. The highest BCUT2D eigenvalue weighted by Crippen LogP contribution is 2.21. The molecule has 0 N–H and O–H groups in total. The van der Waals surface area contributed by atoms with Gasteiger partial charge in [-0.1, -0.05) is 29.8 Å². The summed E-state index contributed by atoms with van der Waals surface area (Å²) in [6, 6.07) is 7.90. The Morgan fingerprint density at radius 2 is 1.67 bits per heavy atom. The normalized spacial score (nSPS) is 12.5. The molecule has 21 heavy (non-hydrogen) atoms. The SMILES string of the molecule is COCCOCCOCCC(CCl)Cc1ccccc1Cl. The van der Waals surface area contributed by atoms with Gasteiger partial charge in [-0.05, 0) is 30.4 Å². The molecule has 0 spiro atoms. The van der Waals surface area contributed by atoms with Crippen molar-refractivity contribution in [3.63, 3.8) is 0 Å². The van der Waals surface area contributed by atoms with E-state index in [1.807, 2.05) is 24.3 Å². The first kappa shape index (κ1) is 18.7. The summed E-state index contributed by atoms with van der Waals surface area (Å²) in [5, 5.41) is 0.806. The van der Waals surface area contributed by atoms with Crippen LogP contribution < -0.4 is 0 Å². The van der Waals surface area contributed by atoms with Crippen LogP contribution in [0, 0.1) is 5.92 Å². The molecule has 0 aliphatic rings. The second-order valence-corrected chi connectivity index (χ2v) is 5.54. The Morgan fingerprint density at radius 3 is 2.33 bits per heavy atom. The van der Waals surface area contributed by atoms with Crippen LogP contribution in [0.15, 0.2) is 24.3 Å². The number of halogens is 2. The van der Waals surface area contributed by atoms with E-state index in [-0.39, 0.29) is 0 Å². The molecule has 0 radical (unpaired) electrons. The standard InChI is InChI=1S/C16H24Cl2O3/c1-19-8-9-21-11-10-20-7-6-14(13-17)12-15-4-2-3-5-16(15)18/h2-5,14H,6-13H2,1H3. The van der Waals surface area contributed by atoms with Gasteiger partial charge in [0.15, 0.2) is 0 Å². The van der Waals surface area contributed by atoms with E-state index in [0.29, 0.717) is 44.8 Å². The van der Waals surface area contributed by atoms with E-state index < -0.39 is 0 Å². The molecule has 0 aliphatic heterocycles. The summed E-state index contributed by atoms with van der Waals surface area (Å²) in [5.74, 6) is 0.986. The predicted molar refractivity (Wildman–Crippen MR) is 87.5 cm³/mol. The minimum Gasteiger partial charge on any atom is -0.382 e. The number of hydrogen-bond donors (Lipinski definition) is 0. The third-order valence-corrected chi connectivity index (χ3v) is 3.96. The number of hydrogen-bond acceptors (Lipinski definition) is 3. The van der Waals surface area contributed by atoms with Crippen LogP contribution in [0.4, 0.5) is 0 Å². The highest BCUT2D eigenvalue weighted by atomic mass is 35.5. The first-order valence-electron chi connectivity index (χ1n) is 7.21. The molecule has 0 bridgehead atoms. The van der Waals surface area contributed by atoms with Crippen LogP contribution in [-0.4, -0.2) is 46.0 Å². The summed E-state index contributed by atoms with van der Waals surface area (Å²) in [7, 11) is 1.66. The summed E-state index contributed by atoms with van der Waals surface area (Å²) in [6.07, 6.45) is 1.81. The van der Waals surface area contributed by atoms with Crippen molar-refractivity contribution in [2.45, 2.75) is 12.8 Å². The molecule has 1 aromatic rings. The Morgan fingerprint density at radius 1 is 1.00 bits per heavy atom. The Labute approximate surface area is 137 Å². The van der Waals surface area contributed by atoms with Gasteiger partial charge in [-0.3, -0.25) is 0 Å². The summed E-state index contributed by atoms with van der Waals surface area (Å²) in [5.41, 5.74) is 1.15. The number of rotatable bonds is 12. The van der Waals surface area contributed by atoms with Gasteiger partial charge in [-0.15, -0.1) is 11.6 Å². The van der Waals surface area contributed by atoms with E-state index in [9.17, 15) is 0 Å². The zero-order valence-electron chi connectivity index (χ0n) is 12.5. The Kier molecular flexibility index (Phi) is 10.9. The molecule has 0 fully saturated rings. The molecule has 0 amide bonds. The number of methoxy groups -OCH3 is 1. The molecule has 0 aliphatic carbocycles. The van der Waals surface area contributed by atoms with Gasteiger partial charge in [-0.2, -0.15) is 0 Å². The molecular formula is C16H24Cl2O3. The van der Waals surface area contributed by atoms with Crippen molar-refractivity contribution in [3.8, 4) is 0 Å². The number of ether oxygens (including phenoxy) is 3. The molecule has 5 heteroatoms. The van der Waals surface area contributed by atoms with Crippen LogP contribution in [0.25, 0.3) is 0 Å². The van der Waals surface area contributed by atoms with Gasteiger partial charge in [0.05, 0.1) is 26.4 Å². The fraction of sp³-hybridized carbons (Fsp3) is 0.625. The maximum absolute atomic E-state index is 6.17. The molecule has 0 saturated heterocycles. The minimum atomic E-state index is 0.376. The summed E-state index contributed by atoms with van der Waals surface area (Å²) < 4.78 is 15.8. The van der Waals surface area contributed by atoms with Gasteiger partial charge < -0.3 is 14.2 Å². The van der Waals surface area contributed by atoms with Crippen molar-refractivity contribution in [3.05, 3.63) is 34.9 Å². The molecule has 3 nitrogen and oxygen atoms in total. The van der Waals surface area contributed by atoms with Gasteiger partial charge in [0.1, 0.15) is 0 Å². The van der Waals surface area contributed by atoms with Crippen molar-refractivity contribution in [2.75, 3.05) is 46.0 Å². The number of benzene rings is 1. The van der Waals surface area contributed by atoms with Gasteiger partial charge in [-0.25, -0.2) is 0 Å². The maximum Gasteiger partial charge on any atom is 0.0701 e. The third-order valence-electron chi connectivity index (χ3n) is 3.16. The molecule has 0 saturated carbocycles. The summed E-state index contributed by atoms with van der Waals surface area (Å²) in [6.45, 7) is 3.11. The van der Waals surface area contributed by atoms with Gasteiger partial charge in [0.2, 0.25) is 0 Å². The van der Waals surface area contributed by atoms with Crippen molar-refractivity contribution < 1.29 is 14.2 Å². The quantitative estimate of drug-likeness (QED) is 0.429. The van der Waals surface area contributed by atoms with Crippen LogP contribution >= 0.6 is 23.2 Å². The lowest BCUT2D eigenvalue weighted by atomic mass is 9.98. The third kappa shape index (κ3) is 8.64. The Hall–Kier alpha value is -0.320. The van der Waals surface area contributed by atoms with Crippen molar-refractivity contribution in [1.29, 1.82) is 0 Å². The van der Waals surface area contributed by atoms with Crippen LogP contribution in [0.2, 0.25) is 5.02 Å². The number of alkyl halides is 1.